The van der Waals surface area contributed by atoms with E-state index in [2.05, 4.69) is 24.3 Å². The Kier molecular flexibility index (Phi) is 7.87. The van der Waals surface area contributed by atoms with Gasteiger partial charge in [-0.1, -0.05) is 60.7 Å². The molecule has 0 radical (unpaired) electrons. The number of ether oxygens (including phenoxy) is 3. The van der Waals surface area contributed by atoms with Crippen molar-refractivity contribution in [3.8, 4) is 0 Å². The Morgan fingerprint density at radius 3 is 2.00 bits per heavy atom. The summed E-state index contributed by atoms with van der Waals surface area (Å²) in [6.07, 6.45) is 0.336. The summed E-state index contributed by atoms with van der Waals surface area (Å²) < 4.78 is 24.0. The molecule has 168 valence electrons. The van der Waals surface area contributed by atoms with E-state index in [9.17, 15) is 4.79 Å². The highest BCUT2D eigenvalue weighted by Gasteiger charge is 2.37. The second-order valence-corrected chi connectivity index (χ2v) is 11.0. The molecule has 0 spiro atoms. The van der Waals surface area contributed by atoms with E-state index in [1.54, 1.807) is 0 Å². The van der Waals surface area contributed by atoms with E-state index in [0.717, 1.165) is 10.6 Å². The molecular weight excluding hydrogens is 411 g/mol. The summed E-state index contributed by atoms with van der Waals surface area (Å²) >= 11 is 0. The fraction of sp³-hybridized carbons (Fsp3) is 0.480. The van der Waals surface area contributed by atoms with Gasteiger partial charge >= 0.3 is 5.97 Å². The topological polar surface area (TPSA) is 54.0 Å². The van der Waals surface area contributed by atoms with Gasteiger partial charge in [0.1, 0.15) is 5.60 Å². The number of carbonyl (C=O) groups excluding carboxylic acids is 1. The van der Waals surface area contributed by atoms with Crippen molar-refractivity contribution in [2.45, 2.75) is 71.1 Å². The van der Waals surface area contributed by atoms with Crippen LogP contribution in [0.2, 0.25) is 0 Å². The van der Waals surface area contributed by atoms with Crippen LogP contribution in [0, 0.1) is 0 Å². The number of benzene rings is 2. The first-order chi connectivity index (χ1) is 14.6. The summed E-state index contributed by atoms with van der Waals surface area (Å²) in [6.45, 7) is 9.77. The smallest absolute Gasteiger partial charge is 0.308 e. The van der Waals surface area contributed by atoms with Crippen LogP contribution in [-0.2, 0) is 23.5 Å². The minimum Gasteiger partial charge on any atom is -0.460 e. The van der Waals surface area contributed by atoms with Crippen LogP contribution in [0.3, 0.4) is 0 Å². The SMILES string of the molecule is CC(C)(C)OC(=O)C[C@H]1C[C@@H](COP(c2ccccc2)c2ccccc2)OC(C)(C)O1. The number of hydrogen-bond donors (Lipinski definition) is 0. The maximum atomic E-state index is 12.3. The van der Waals surface area contributed by atoms with Gasteiger partial charge in [0.15, 0.2) is 5.79 Å². The van der Waals surface area contributed by atoms with Crippen LogP contribution in [0.25, 0.3) is 0 Å². The normalized spacial score (nSPS) is 21.1. The molecule has 2 aromatic carbocycles. The van der Waals surface area contributed by atoms with Crippen molar-refractivity contribution < 1.29 is 23.5 Å². The van der Waals surface area contributed by atoms with Crippen molar-refractivity contribution >= 4 is 24.7 Å². The van der Waals surface area contributed by atoms with Crippen molar-refractivity contribution in [1.29, 1.82) is 0 Å². The molecule has 3 rings (SSSR count). The van der Waals surface area contributed by atoms with Gasteiger partial charge in [0, 0.05) is 17.0 Å². The van der Waals surface area contributed by atoms with E-state index in [-0.39, 0.29) is 24.6 Å². The summed E-state index contributed by atoms with van der Waals surface area (Å²) in [5, 5.41) is 2.31. The standard InChI is InChI=1S/C25H33O5P/c1-24(2,3)30-23(26)17-19-16-20(29-25(4,5)28-19)18-27-31(21-12-8-6-9-13-21)22-14-10-7-11-15-22/h6-15,19-20H,16-18H2,1-5H3/t19-,20+/m1/s1. The molecule has 1 fully saturated rings. The average molecular weight is 445 g/mol. The Bertz CT molecular complexity index is 792. The molecule has 0 N–H and O–H groups in total. The van der Waals surface area contributed by atoms with Gasteiger partial charge in [0.2, 0.25) is 0 Å². The van der Waals surface area contributed by atoms with Gasteiger partial charge in [-0.25, -0.2) is 0 Å². The lowest BCUT2D eigenvalue weighted by molar-refractivity contribution is -0.302. The predicted octanol–water partition coefficient (Wildman–Crippen LogP) is 4.69. The van der Waals surface area contributed by atoms with Crippen LogP contribution >= 0.6 is 8.15 Å². The van der Waals surface area contributed by atoms with Gasteiger partial charge in [-0.05, 0) is 34.6 Å². The molecule has 1 aliphatic rings. The highest BCUT2D eigenvalue weighted by molar-refractivity contribution is 7.68. The molecule has 0 saturated carbocycles. The van der Waals surface area contributed by atoms with Crippen LogP contribution < -0.4 is 10.6 Å². The molecule has 6 heteroatoms. The summed E-state index contributed by atoms with van der Waals surface area (Å²) in [4.78, 5) is 12.3. The van der Waals surface area contributed by atoms with E-state index in [0.29, 0.717) is 13.0 Å². The highest BCUT2D eigenvalue weighted by Crippen LogP contribution is 2.37. The predicted molar refractivity (Wildman–Crippen MR) is 124 cm³/mol. The molecule has 5 nitrogen and oxygen atoms in total. The number of carbonyl (C=O) groups is 1. The van der Waals surface area contributed by atoms with E-state index in [1.165, 1.54) is 0 Å². The molecule has 0 aromatic heterocycles. The molecule has 1 aliphatic heterocycles. The third-order valence-electron chi connectivity index (χ3n) is 4.61. The molecular formula is C25H33O5P. The lowest BCUT2D eigenvalue weighted by atomic mass is 10.1. The summed E-state index contributed by atoms with van der Waals surface area (Å²) in [6, 6.07) is 20.5. The Hall–Kier alpha value is -1.78. The van der Waals surface area contributed by atoms with Crippen LogP contribution in [-0.4, -0.2) is 36.2 Å². The lowest BCUT2D eigenvalue weighted by Crippen LogP contribution is -2.47. The van der Waals surface area contributed by atoms with Crippen LogP contribution in [0.15, 0.2) is 60.7 Å². The van der Waals surface area contributed by atoms with Crippen molar-refractivity contribution in [3.05, 3.63) is 60.7 Å². The summed E-state index contributed by atoms with van der Waals surface area (Å²) in [5.41, 5.74) is -0.512. The zero-order chi connectivity index (χ0) is 22.5. The maximum absolute atomic E-state index is 12.3. The monoisotopic (exact) mass is 444 g/mol. The zero-order valence-electron chi connectivity index (χ0n) is 19.0. The fourth-order valence-corrected chi connectivity index (χ4v) is 5.40. The fourth-order valence-electron chi connectivity index (χ4n) is 3.60. The maximum Gasteiger partial charge on any atom is 0.308 e. The van der Waals surface area contributed by atoms with Gasteiger partial charge in [-0.3, -0.25) is 4.79 Å². The van der Waals surface area contributed by atoms with Crippen molar-refractivity contribution in [2.24, 2.45) is 0 Å². The molecule has 0 unspecified atom stereocenters. The molecule has 0 amide bonds. The molecule has 0 aliphatic carbocycles. The summed E-state index contributed by atoms with van der Waals surface area (Å²) in [7, 11) is -0.969. The van der Waals surface area contributed by atoms with Gasteiger partial charge in [-0.2, -0.15) is 0 Å². The van der Waals surface area contributed by atoms with E-state index >= 15 is 0 Å². The molecule has 2 atom stereocenters. The van der Waals surface area contributed by atoms with Crippen LogP contribution in [0.5, 0.6) is 0 Å². The molecule has 2 aromatic rings. The Balaban J connectivity index is 1.67. The quantitative estimate of drug-likeness (QED) is 0.458. The first-order valence-corrected chi connectivity index (χ1v) is 12.0. The largest absolute Gasteiger partial charge is 0.460 e. The number of esters is 1. The van der Waals surface area contributed by atoms with E-state index in [4.69, 9.17) is 18.7 Å². The summed E-state index contributed by atoms with van der Waals surface area (Å²) in [5.74, 6) is -1.05. The second kappa shape index (κ2) is 10.2. The molecule has 0 bridgehead atoms. The van der Waals surface area contributed by atoms with Crippen molar-refractivity contribution in [3.63, 3.8) is 0 Å². The number of rotatable bonds is 7. The third-order valence-corrected chi connectivity index (χ3v) is 6.55. The van der Waals surface area contributed by atoms with Crippen LogP contribution in [0.1, 0.15) is 47.5 Å². The lowest BCUT2D eigenvalue weighted by Gasteiger charge is -2.41. The van der Waals surface area contributed by atoms with E-state index in [1.807, 2.05) is 71.0 Å². The van der Waals surface area contributed by atoms with Gasteiger partial charge in [0.05, 0.1) is 33.4 Å². The van der Waals surface area contributed by atoms with E-state index < -0.39 is 19.5 Å². The third kappa shape index (κ3) is 7.69. The number of hydrogen-bond acceptors (Lipinski definition) is 5. The van der Waals surface area contributed by atoms with Gasteiger partial charge < -0.3 is 18.7 Å². The average Bonchev–Trinajstić information content (AvgIpc) is 2.67. The zero-order valence-corrected chi connectivity index (χ0v) is 19.9. The van der Waals surface area contributed by atoms with Gasteiger partial charge in [-0.15, -0.1) is 0 Å². The minimum absolute atomic E-state index is 0.173. The van der Waals surface area contributed by atoms with Crippen LogP contribution in [0.4, 0.5) is 0 Å². The van der Waals surface area contributed by atoms with Crippen molar-refractivity contribution in [1.82, 2.24) is 0 Å². The molecule has 1 saturated heterocycles. The first-order valence-electron chi connectivity index (χ1n) is 10.7. The first kappa shape index (κ1) is 23.9. The van der Waals surface area contributed by atoms with Crippen molar-refractivity contribution in [2.75, 3.05) is 6.61 Å². The Morgan fingerprint density at radius 2 is 1.48 bits per heavy atom. The van der Waals surface area contributed by atoms with Gasteiger partial charge in [0.25, 0.3) is 0 Å². The minimum atomic E-state index is -0.969. The molecule has 31 heavy (non-hydrogen) atoms. The molecule has 1 heterocycles. The Morgan fingerprint density at radius 1 is 0.968 bits per heavy atom. The Labute approximate surface area is 186 Å². The second-order valence-electron chi connectivity index (χ2n) is 9.17. The highest BCUT2D eigenvalue weighted by atomic mass is 31.1.